The topological polar surface area (TPSA) is 75.4 Å². The lowest BCUT2D eigenvalue weighted by Crippen LogP contribution is -2.43. The first-order chi connectivity index (χ1) is 8.34. The van der Waals surface area contributed by atoms with Crippen molar-refractivity contribution >= 4 is 11.9 Å². The van der Waals surface area contributed by atoms with Gasteiger partial charge in [-0.1, -0.05) is 0 Å². The third kappa shape index (κ3) is 3.09. The monoisotopic (exact) mass is 253 g/mol. The van der Waals surface area contributed by atoms with Gasteiger partial charge in [0.2, 0.25) is 5.91 Å². The van der Waals surface area contributed by atoms with Gasteiger partial charge < -0.3 is 10.0 Å². The molecule has 6 heteroatoms. The number of nitrogens with zero attached hydrogens (tertiary/aromatic N) is 3. The lowest BCUT2D eigenvalue weighted by atomic mass is 10.1. The lowest BCUT2D eigenvalue weighted by Gasteiger charge is -2.27. The molecule has 0 bridgehead atoms. The predicted molar refractivity (Wildman–Crippen MR) is 66.1 cm³/mol. The Morgan fingerprint density at radius 2 is 2.06 bits per heavy atom. The van der Waals surface area contributed by atoms with Crippen LogP contribution in [-0.4, -0.2) is 44.3 Å². The van der Waals surface area contributed by atoms with Crippen LogP contribution in [0.5, 0.6) is 0 Å². The van der Waals surface area contributed by atoms with E-state index in [1.807, 2.05) is 0 Å². The largest absolute Gasteiger partial charge is 0.480 e. The molecule has 18 heavy (non-hydrogen) atoms. The van der Waals surface area contributed by atoms with E-state index < -0.39 is 11.9 Å². The number of carbonyl (C=O) groups is 2. The second kappa shape index (κ2) is 5.66. The van der Waals surface area contributed by atoms with Gasteiger partial charge >= 0.3 is 5.97 Å². The Balaban J connectivity index is 2.90. The summed E-state index contributed by atoms with van der Waals surface area (Å²) in [7, 11) is 1.76. The highest BCUT2D eigenvalue weighted by molar-refractivity contribution is 5.86. The number of hydrogen-bond acceptors (Lipinski definition) is 3. The molecule has 1 rings (SSSR count). The Bertz CT molecular complexity index is 440. The van der Waals surface area contributed by atoms with Crippen LogP contribution >= 0.6 is 0 Å². The van der Waals surface area contributed by atoms with Crippen molar-refractivity contribution in [2.75, 3.05) is 6.54 Å². The normalized spacial score (nSPS) is 12.5. The first kappa shape index (κ1) is 14.2. The van der Waals surface area contributed by atoms with Crippen molar-refractivity contribution in [3.05, 3.63) is 18.0 Å². The highest BCUT2D eigenvalue weighted by Gasteiger charge is 2.27. The summed E-state index contributed by atoms with van der Waals surface area (Å²) in [4.78, 5) is 24.4. The number of aliphatic carboxylic acids is 1. The van der Waals surface area contributed by atoms with Gasteiger partial charge in [-0.2, -0.15) is 5.10 Å². The van der Waals surface area contributed by atoms with E-state index in [9.17, 15) is 9.59 Å². The molecular weight excluding hydrogens is 234 g/mol. The third-order valence-corrected chi connectivity index (χ3v) is 2.88. The molecule has 0 aliphatic heterocycles. The molecule has 6 nitrogen and oxygen atoms in total. The van der Waals surface area contributed by atoms with E-state index in [1.54, 1.807) is 44.8 Å². The van der Waals surface area contributed by atoms with Crippen LogP contribution in [0.2, 0.25) is 0 Å². The van der Waals surface area contributed by atoms with Crippen molar-refractivity contribution < 1.29 is 14.7 Å². The summed E-state index contributed by atoms with van der Waals surface area (Å²) in [6.07, 6.45) is 1.62. The number of aryl methyl sites for hydroxylation is 1. The van der Waals surface area contributed by atoms with Crippen LogP contribution in [-0.2, 0) is 16.6 Å². The fourth-order valence-electron chi connectivity index (χ4n) is 1.84. The maximum Gasteiger partial charge on any atom is 0.323 e. The second-order valence-corrected chi connectivity index (χ2v) is 4.55. The molecule has 1 aromatic rings. The molecule has 1 amide bonds. The van der Waals surface area contributed by atoms with E-state index in [4.69, 9.17) is 5.11 Å². The molecule has 1 unspecified atom stereocenters. The van der Waals surface area contributed by atoms with Crippen LogP contribution in [0.3, 0.4) is 0 Å². The Morgan fingerprint density at radius 1 is 1.44 bits per heavy atom. The van der Waals surface area contributed by atoms with Gasteiger partial charge in [-0.05, 0) is 26.8 Å². The van der Waals surface area contributed by atoms with Crippen LogP contribution in [0.1, 0.15) is 32.4 Å². The maximum absolute atomic E-state index is 12.3. The average Bonchev–Trinajstić information content (AvgIpc) is 2.69. The van der Waals surface area contributed by atoms with Gasteiger partial charge in [-0.3, -0.25) is 14.3 Å². The predicted octanol–water partition coefficient (Wildman–Crippen LogP) is 0.845. The van der Waals surface area contributed by atoms with Crippen molar-refractivity contribution in [1.29, 1.82) is 0 Å². The molecule has 1 N–H and O–H groups in total. The lowest BCUT2D eigenvalue weighted by molar-refractivity contribution is -0.146. The molecule has 1 atom stereocenters. The van der Waals surface area contributed by atoms with Gasteiger partial charge in [0.15, 0.2) is 0 Å². The first-order valence-electron chi connectivity index (χ1n) is 5.84. The second-order valence-electron chi connectivity index (χ2n) is 4.55. The number of aromatic nitrogens is 2. The maximum atomic E-state index is 12.3. The molecule has 0 aliphatic rings. The van der Waals surface area contributed by atoms with Gasteiger partial charge in [0.25, 0.3) is 0 Å². The summed E-state index contributed by atoms with van der Waals surface area (Å²) in [6, 6.07) is 1.62. The SMILES string of the molecule is CC(C(=O)N(CC(=O)O)C(C)C)c1ccnn1C. The van der Waals surface area contributed by atoms with Crippen LogP contribution in [0.15, 0.2) is 12.3 Å². The number of hydrogen-bond donors (Lipinski definition) is 1. The standard InChI is InChI=1S/C12H19N3O3/c1-8(2)15(7-11(16)17)12(18)9(3)10-5-6-13-14(10)4/h5-6,8-9H,7H2,1-4H3,(H,16,17). The van der Waals surface area contributed by atoms with Crippen LogP contribution in [0.4, 0.5) is 0 Å². The van der Waals surface area contributed by atoms with Crippen LogP contribution < -0.4 is 0 Å². The third-order valence-electron chi connectivity index (χ3n) is 2.88. The van der Waals surface area contributed by atoms with Crippen molar-refractivity contribution in [3.8, 4) is 0 Å². The molecule has 0 aliphatic carbocycles. The molecule has 1 heterocycles. The molecule has 0 fully saturated rings. The summed E-state index contributed by atoms with van der Waals surface area (Å²) >= 11 is 0. The Labute approximate surface area is 106 Å². The summed E-state index contributed by atoms with van der Waals surface area (Å²) in [5.41, 5.74) is 0.774. The summed E-state index contributed by atoms with van der Waals surface area (Å²) in [5, 5.41) is 12.9. The van der Waals surface area contributed by atoms with Crippen LogP contribution in [0, 0.1) is 0 Å². The Kier molecular flexibility index (Phi) is 4.47. The zero-order valence-corrected chi connectivity index (χ0v) is 11.1. The quantitative estimate of drug-likeness (QED) is 0.844. The van der Waals surface area contributed by atoms with E-state index in [1.165, 1.54) is 4.90 Å². The Morgan fingerprint density at radius 3 is 2.44 bits per heavy atom. The zero-order valence-electron chi connectivity index (χ0n) is 11.1. The summed E-state index contributed by atoms with van der Waals surface area (Å²) in [6.45, 7) is 5.09. The highest BCUT2D eigenvalue weighted by Crippen LogP contribution is 2.18. The first-order valence-corrected chi connectivity index (χ1v) is 5.84. The molecule has 0 spiro atoms. The van der Waals surface area contributed by atoms with Crippen molar-refractivity contribution in [2.45, 2.75) is 32.7 Å². The molecule has 100 valence electrons. The number of rotatable bonds is 5. The fourth-order valence-corrected chi connectivity index (χ4v) is 1.84. The summed E-state index contributed by atoms with van der Waals surface area (Å²) in [5.74, 6) is -1.61. The number of carboxylic acid groups (broad SMARTS) is 1. The van der Waals surface area contributed by atoms with Crippen molar-refractivity contribution in [1.82, 2.24) is 14.7 Å². The van der Waals surface area contributed by atoms with Gasteiger partial charge in [0, 0.05) is 19.3 Å². The minimum atomic E-state index is -1.01. The molecule has 0 saturated heterocycles. The molecular formula is C12H19N3O3. The van der Waals surface area contributed by atoms with Gasteiger partial charge in [0.1, 0.15) is 6.54 Å². The minimum absolute atomic E-state index is 0.149. The van der Waals surface area contributed by atoms with Gasteiger partial charge in [0.05, 0.1) is 11.6 Å². The van der Waals surface area contributed by atoms with Gasteiger partial charge in [-0.25, -0.2) is 0 Å². The van der Waals surface area contributed by atoms with Crippen molar-refractivity contribution in [2.24, 2.45) is 7.05 Å². The van der Waals surface area contributed by atoms with E-state index in [-0.39, 0.29) is 18.5 Å². The highest BCUT2D eigenvalue weighted by atomic mass is 16.4. The average molecular weight is 253 g/mol. The molecule has 0 radical (unpaired) electrons. The smallest absolute Gasteiger partial charge is 0.323 e. The zero-order chi connectivity index (χ0) is 13.9. The van der Waals surface area contributed by atoms with E-state index >= 15 is 0 Å². The fraction of sp³-hybridized carbons (Fsp3) is 0.583. The van der Waals surface area contributed by atoms with Gasteiger partial charge in [-0.15, -0.1) is 0 Å². The van der Waals surface area contributed by atoms with Crippen LogP contribution in [0.25, 0.3) is 0 Å². The number of carbonyl (C=O) groups excluding carboxylic acids is 1. The molecule has 1 aromatic heterocycles. The molecule has 0 saturated carbocycles. The van der Waals surface area contributed by atoms with E-state index in [2.05, 4.69) is 5.10 Å². The Hall–Kier alpha value is -1.85. The minimum Gasteiger partial charge on any atom is -0.480 e. The number of amides is 1. The van der Waals surface area contributed by atoms with Crippen molar-refractivity contribution in [3.63, 3.8) is 0 Å². The summed E-state index contributed by atoms with van der Waals surface area (Å²) < 4.78 is 1.63. The number of carboxylic acids is 1. The molecule has 0 aromatic carbocycles. The van der Waals surface area contributed by atoms with E-state index in [0.717, 1.165) is 5.69 Å². The van der Waals surface area contributed by atoms with E-state index in [0.29, 0.717) is 0 Å².